The second-order valence-electron chi connectivity index (χ2n) is 7.07. The molecule has 2 heterocycles. The molecule has 0 bridgehead atoms. The van der Waals surface area contributed by atoms with E-state index in [4.69, 9.17) is 4.52 Å². The topological polar surface area (TPSA) is 104 Å². The number of hydrogen-bond donors (Lipinski definition) is 0. The maximum Gasteiger partial charge on any atom is 0.331 e. The largest absolute Gasteiger partial charge is 0.359 e. The summed E-state index contributed by atoms with van der Waals surface area (Å²) in [6, 6.07) is 5.99. The number of aryl methyl sites for hydroxylation is 2. The zero-order valence-corrected chi connectivity index (χ0v) is 15.8. The molecule has 27 heavy (non-hydrogen) atoms. The van der Waals surface area contributed by atoms with Gasteiger partial charge in [0.05, 0.1) is 33.8 Å². The molecule has 0 saturated heterocycles. The molecule has 8 nitrogen and oxygen atoms in total. The number of hydrogen-bond acceptors (Lipinski definition) is 6. The SMILES string of the molecule is Cc1cc(Cn2c(=O)c3cc(S(=O)(=O)CC4CC4)ccc3n(C)c2=O)on1. The first-order valence-electron chi connectivity index (χ1n) is 8.65. The number of sulfone groups is 1. The van der Waals surface area contributed by atoms with Gasteiger partial charge >= 0.3 is 5.69 Å². The first-order valence-corrected chi connectivity index (χ1v) is 10.3. The molecule has 2 aromatic heterocycles. The third kappa shape index (κ3) is 3.23. The van der Waals surface area contributed by atoms with Crippen LogP contribution in [0.15, 0.2) is 43.3 Å². The highest BCUT2D eigenvalue weighted by Crippen LogP contribution is 2.32. The lowest BCUT2D eigenvalue weighted by Gasteiger charge is -2.11. The number of fused-ring (bicyclic) bond motifs is 1. The van der Waals surface area contributed by atoms with E-state index in [0.717, 1.165) is 17.4 Å². The molecule has 4 rings (SSSR count). The highest BCUT2D eigenvalue weighted by atomic mass is 32.2. The molecule has 3 aromatic rings. The highest BCUT2D eigenvalue weighted by Gasteiger charge is 2.29. The summed E-state index contributed by atoms with van der Waals surface area (Å²) in [5.41, 5.74) is -0.0229. The lowest BCUT2D eigenvalue weighted by Crippen LogP contribution is -2.39. The van der Waals surface area contributed by atoms with Crippen molar-refractivity contribution in [1.29, 1.82) is 0 Å². The van der Waals surface area contributed by atoms with Gasteiger partial charge in [-0.2, -0.15) is 0 Å². The Labute approximate surface area is 154 Å². The number of rotatable bonds is 5. The molecule has 1 aliphatic rings. The van der Waals surface area contributed by atoms with Gasteiger partial charge in [0.2, 0.25) is 0 Å². The fourth-order valence-electron chi connectivity index (χ4n) is 3.17. The van der Waals surface area contributed by atoms with Gasteiger partial charge in [0, 0.05) is 13.1 Å². The summed E-state index contributed by atoms with van der Waals surface area (Å²) in [5, 5.41) is 3.94. The van der Waals surface area contributed by atoms with Crippen LogP contribution in [0.3, 0.4) is 0 Å². The van der Waals surface area contributed by atoms with Gasteiger partial charge in [-0.25, -0.2) is 13.2 Å². The van der Waals surface area contributed by atoms with Gasteiger partial charge in [0.1, 0.15) is 0 Å². The highest BCUT2D eigenvalue weighted by molar-refractivity contribution is 7.91. The van der Waals surface area contributed by atoms with Crippen molar-refractivity contribution in [1.82, 2.24) is 14.3 Å². The van der Waals surface area contributed by atoms with Crippen molar-refractivity contribution in [3.63, 3.8) is 0 Å². The minimum absolute atomic E-state index is 0.0681. The second-order valence-corrected chi connectivity index (χ2v) is 9.11. The molecule has 0 aliphatic heterocycles. The molecular weight excluding hydrogens is 370 g/mol. The van der Waals surface area contributed by atoms with Crippen LogP contribution in [-0.2, 0) is 23.4 Å². The summed E-state index contributed by atoms with van der Waals surface area (Å²) in [7, 11) is -1.91. The fraction of sp³-hybridized carbons (Fsp3) is 0.389. The Morgan fingerprint density at radius 1 is 1.22 bits per heavy atom. The average Bonchev–Trinajstić information content (AvgIpc) is 3.34. The van der Waals surface area contributed by atoms with Crippen molar-refractivity contribution >= 4 is 20.7 Å². The molecule has 0 amide bonds. The molecule has 1 aromatic carbocycles. The van der Waals surface area contributed by atoms with Gasteiger partial charge in [-0.05, 0) is 43.9 Å². The van der Waals surface area contributed by atoms with E-state index in [2.05, 4.69) is 5.16 Å². The molecule has 0 unspecified atom stereocenters. The van der Waals surface area contributed by atoms with Crippen molar-refractivity contribution in [2.45, 2.75) is 31.2 Å². The summed E-state index contributed by atoms with van der Waals surface area (Å²) in [6.45, 7) is 1.67. The average molecular weight is 389 g/mol. The normalized spacial score (nSPS) is 14.7. The van der Waals surface area contributed by atoms with Crippen LogP contribution in [0.4, 0.5) is 0 Å². The van der Waals surface area contributed by atoms with Gasteiger partial charge in [-0.3, -0.25) is 13.9 Å². The van der Waals surface area contributed by atoms with Crippen molar-refractivity contribution in [3.05, 3.63) is 56.6 Å². The van der Waals surface area contributed by atoms with Crippen molar-refractivity contribution in [3.8, 4) is 0 Å². The lowest BCUT2D eigenvalue weighted by atomic mass is 10.2. The summed E-state index contributed by atoms with van der Waals surface area (Å²) in [6.07, 6.45) is 1.84. The molecular formula is C18H19N3O5S. The zero-order chi connectivity index (χ0) is 19.3. The third-order valence-electron chi connectivity index (χ3n) is 4.82. The van der Waals surface area contributed by atoms with Gasteiger partial charge in [0.15, 0.2) is 15.6 Å². The Kier molecular flexibility index (Phi) is 4.06. The molecule has 9 heteroatoms. The van der Waals surface area contributed by atoms with Crippen LogP contribution in [0.1, 0.15) is 24.3 Å². The van der Waals surface area contributed by atoms with E-state index in [-0.39, 0.29) is 28.5 Å². The first-order chi connectivity index (χ1) is 12.8. The van der Waals surface area contributed by atoms with E-state index >= 15 is 0 Å². The van der Waals surface area contributed by atoms with E-state index in [0.29, 0.717) is 17.0 Å². The number of aromatic nitrogens is 3. The summed E-state index contributed by atoms with van der Waals surface area (Å²) >= 11 is 0. The first kappa shape index (κ1) is 17.7. The Balaban J connectivity index is 1.87. The van der Waals surface area contributed by atoms with Gasteiger partial charge in [-0.15, -0.1) is 0 Å². The van der Waals surface area contributed by atoms with Crippen LogP contribution in [0.5, 0.6) is 0 Å². The summed E-state index contributed by atoms with van der Waals surface area (Å²) < 4.78 is 32.6. The minimum atomic E-state index is -3.46. The Morgan fingerprint density at radius 3 is 2.59 bits per heavy atom. The summed E-state index contributed by atoms with van der Waals surface area (Å²) in [5.74, 6) is 0.677. The molecule has 0 atom stereocenters. The van der Waals surface area contributed by atoms with Crippen LogP contribution in [0.2, 0.25) is 0 Å². The molecule has 0 spiro atoms. The molecule has 0 radical (unpaired) electrons. The Hall–Kier alpha value is -2.68. The van der Waals surface area contributed by atoms with E-state index in [1.807, 2.05) is 0 Å². The monoisotopic (exact) mass is 389 g/mol. The number of nitrogens with zero attached hydrogens (tertiary/aromatic N) is 3. The quantitative estimate of drug-likeness (QED) is 0.650. The van der Waals surface area contributed by atoms with Crippen molar-refractivity contribution in [2.75, 3.05) is 5.75 Å². The smallest absolute Gasteiger partial charge is 0.331 e. The molecule has 1 aliphatic carbocycles. The molecule has 0 N–H and O–H groups in total. The minimum Gasteiger partial charge on any atom is -0.359 e. The van der Waals surface area contributed by atoms with Crippen molar-refractivity contribution < 1.29 is 12.9 Å². The molecule has 142 valence electrons. The predicted octanol–water partition coefficient (Wildman–Crippen LogP) is 1.23. The lowest BCUT2D eigenvalue weighted by molar-refractivity contribution is 0.369. The number of benzene rings is 1. The van der Waals surface area contributed by atoms with Crippen LogP contribution in [0.25, 0.3) is 10.9 Å². The van der Waals surface area contributed by atoms with E-state index in [1.165, 1.54) is 22.8 Å². The van der Waals surface area contributed by atoms with Gasteiger partial charge < -0.3 is 4.52 Å². The summed E-state index contributed by atoms with van der Waals surface area (Å²) in [4.78, 5) is 25.6. The van der Waals surface area contributed by atoms with Gasteiger partial charge in [-0.1, -0.05) is 5.16 Å². The van der Waals surface area contributed by atoms with E-state index in [1.54, 1.807) is 20.0 Å². The van der Waals surface area contributed by atoms with Crippen LogP contribution in [-0.4, -0.2) is 28.5 Å². The van der Waals surface area contributed by atoms with Gasteiger partial charge in [0.25, 0.3) is 5.56 Å². The zero-order valence-electron chi connectivity index (χ0n) is 15.0. The second kappa shape index (κ2) is 6.19. The van der Waals surface area contributed by atoms with E-state index < -0.39 is 21.1 Å². The Bertz CT molecular complexity index is 1260. The van der Waals surface area contributed by atoms with Crippen molar-refractivity contribution in [2.24, 2.45) is 13.0 Å². The molecule has 1 fully saturated rings. The van der Waals surface area contributed by atoms with Crippen LogP contribution < -0.4 is 11.2 Å². The fourth-order valence-corrected chi connectivity index (χ4v) is 4.89. The predicted molar refractivity (Wildman–Crippen MR) is 98.6 cm³/mol. The van der Waals surface area contributed by atoms with Crippen LogP contribution in [0, 0.1) is 12.8 Å². The van der Waals surface area contributed by atoms with Crippen LogP contribution >= 0.6 is 0 Å². The maximum atomic E-state index is 12.9. The molecule has 1 saturated carbocycles. The maximum absolute atomic E-state index is 12.9. The van der Waals surface area contributed by atoms with E-state index in [9.17, 15) is 18.0 Å². The standard InChI is InChI=1S/C18H19N3O5S/c1-11-7-13(26-19-11)9-21-17(22)15-8-14(27(24,25)10-12-3-4-12)5-6-16(15)20(2)18(21)23/h5-8,12H,3-4,9-10H2,1-2H3. The third-order valence-corrected chi connectivity index (χ3v) is 6.71. The Morgan fingerprint density at radius 2 is 1.96 bits per heavy atom.